The second-order valence-corrected chi connectivity index (χ2v) is 11.1. The van der Waals surface area contributed by atoms with Gasteiger partial charge in [-0.2, -0.15) is 0 Å². The summed E-state index contributed by atoms with van der Waals surface area (Å²) < 4.78 is 12.1. The van der Waals surface area contributed by atoms with Crippen LogP contribution in [0.2, 0.25) is 0 Å². The first-order chi connectivity index (χ1) is 13.9. The maximum absolute atomic E-state index is 12.1. The highest BCUT2D eigenvalue weighted by Crippen LogP contribution is 2.73. The summed E-state index contributed by atoms with van der Waals surface area (Å²) in [5.74, 6) is 2.18. The smallest absolute Gasteiger partial charge is 0.330 e. The topological polar surface area (TPSA) is 55.8 Å². The minimum Gasteiger partial charge on any atom is -0.463 e. The van der Waals surface area contributed by atoms with E-state index in [1.807, 2.05) is 6.92 Å². The van der Waals surface area contributed by atoms with Crippen molar-refractivity contribution in [2.45, 2.75) is 90.3 Å². The van der Waals surface area contributed by atoms with E-state index >= 15 is 0 Å². The zero-order valence-electron chi connectivity index (χ0n) is 18.4. The van der Waals surface area contributed by atoms with E-state index in [1.165, 1.54) is 37.7 Å². The van der Waals surface area contributed by atoms with Gasteiger partial charge in [-0.25, -0.2) is 4.79 Å². The minimum absolute atomic E-state index is 0.0464. The molecule has 29 heavy (non-hydrogen) atoms. The molecule has 1 heterocycles. The number of fused-ring (bicyclic) bond motifs is 1. The van der Waals surface area contributed by atoms with Crippen LogP contribution in [0, 0.1) is 34.5 Å². The first kappa shape index (κ1) is 20.1. The first-order valence-electron chi connectivity index (χ1n) is 12.0. The van der Waals surface area contributed by atoms with Gasteiger partial charge in [-0.05, 0) is 101 Å². The van der Waals surface area contributed by atoms with E-state index < -0.39 is 0 Å². The van der Waals surface area contributed by atoms with Gasteiger partial charge in [0.05, 0.1) is 24.9 Å². The second kappa shape index (κ2) is 6.82. The van der Waals surface area contributed by atoms with Crippen LogP contribution in [0.15, 0.2) is 11.6 Å². The predicted molar refractivity (Wildman–Crippen MR) is 111 cm³/mol. The van der Waals surface area contributed by atoms with E-state index in [-0.39, 0.29) is 23.1 Å². The number of allylic oxidation sites excluding steroid dienone is 1. The Morgan fingerprint density at radius 3 is 2.76 bits per heavy atom. The summed E-state index contributed by atoms with van der Waals surface area (Å²) in [4.78, 5) is 12.1. The number of aliphatic hydroxyl groups excluding tert-OH is 1. The highest BCUT2D eigenvalue weighted by molar-refractivity contribution is 5.82. The Kier molecular flexibility index (Phi) is 4.71. The van der Waals surface area contributed by atoms with Gasteiger partial charge >= 0.3 is 5.97 Å². The zero-order valence-corrected chi connectivity index (χ0v) is 18.4. The number of carbonyl (C=O) groups is 1. The van der Waals surface area contributed by atoms with E-state index in [1.54, 1.807) is 6.08 Å². The van der Waals surface area contributed by atoms with Gasteiger partial charge in [-0.3, -0.25) is 0 Å². The van der Waals surface area contributed by atoms with Crippen LogP contribution >= 0.6 is 0 Å². The van der Waals surface area contributed by atoms with Crippen molar-refractivity contribution in [3.05, 3.63) is 11.6 Å². The molecule has 0 radical (unpaired) electrons. The Morgan fingerprint density at radius 2 is 1.97 bits per heavy atom. The monoisotopic (exact) mass is 402 g/mol. The van der Waals surface area contributed by atoms with Crippen LogP contribution in [0.1, 0.15) is 78.6 Å². The summed E-state index contributed by atoms with van der Waals surface area (Å²) in [7, 11) is 0. The molecule has 0 aromatic rings. The summed E-state index contributed by atoms with van der Waals surface area (Å²) in [6.07, 6.45) is 12.0. The van der Waals surface area contributed by atoms with Gasteiger partial charge in [-0.15, -0.1) is 0 Å². The van der Waals surface area contributed by atoms with Crippen LogP contribution in [0.25, 0.3) is 0 Å². The Morgan fingerprint density at radius 1 is 1.14 bits per heavy atom. The lowest BCUT2D eigenvalue weighted by molar-refractivity contribution is -0.161. The van der Waals surface area contributed by atoms with E-state index in [2.05, 4.69) is 13.8 Å². The lowest BCUT2D eigenvalue weighted by Crippen LogP contribution is -2.60. The third-order valence-corrected chi connectivity index (χ3v) is 10.2. The van der Waals surface area contributed by atoms with Crippen molar-refractivity contribution in [2.75, 3.05) is 13.2 Å². The van der Waals surface area contributed by atoms with Gasteiger partial charge in [0.15, 0.2) is 0 Å². The summed E-state index contributed by atoms with van der Waals surface area (Å²) in [6, 6.07) is 0. The Hall–Kier alpha value is -0.870. The van der Waals surface area contributed by atoms with E-state index in [0.717, 1.165) is 32.3 Å². The molecule has 8 atom stereocenters. The van der Waals surface area contributed by atoms with Crippen molar-refractivity contribution >= 4 is 5.97 Å². The molecule has 5 aliphatic rings. The van der Waals surface area contributed by atoms with Gasteiger partial charge in [0.1, 0.15) is 0 Å². The molecule has 1 saturated heterocycles. The maximum Gasteiger partial charge on any atom is 0.330 e. The fourth-order valence-electron chi connectivity index (χ4n) is 9.09. The third-order valence-electron chi connectivity index (χ3n) is 10.2. The first-order valence-corrected chi connectivity index (χ1v) is 12.0. The van der Waals surface area contributed by atoms with Gasteiger partial charge in [-0.1, -0.05) is 12.5 Å². The van der Waals surface area contributed by atoms with Crippen molar-refractivity contribution in [3.8, 4) is 0 Å². The average Bonchev–Trinajstić information content (AvgIpc) is 3.14. The summed E-state index contributed by atoms with van der Waals surface area (Å²) >= 11 is 0. The van der Waals surface area contributed by atoms with Crippen LogP contribution in [-0.2, 0) is 14.3 Å². The lowest BCUT2D eigenvalue weighted by Gasteiger charge is -2.60. The van der Waals surface area contributed by atoms with Crippen LogP contribution in [-0.4, -0.2) is 36.0 Å². The number of hydrogen-bond donors (Lipinski definition) is 1. The van der Waals surface area contributed by atoms with Crippen LogP contribution in [0.5, 0.6) is 0 Å². The van der Waals surface area contributed by atoms with Gasteiger partial charge in [0.2, 0.25) is 0 Å². The molecule has 2 bridgehead atoms. The molecular weight excluding hydrogens is 364 g/mol. The summed E-state index contributed by atoms with van der Waals surface area (Å²) in [6.45, 7) is 7.83. The number of rotatable bonds is 3. The molecule has 0 amide bonds. The SMILES string of the molecule is CCOC(=O)/C=C(/C)[C@H]1CC[C@@H]2[C@]1(C)CC[C@@H]1[C@@]34CC[C@H](O)C[C@@H]3CC[C@@]21OC4. The summed E-state index contributed by atoms with van der Waals surface area (Å²) in [5.41, 5.74) is 1.79. The van der Waals surface area contributed by atoms with Crippen molar-refractivity contribution in [3.63, 3.8) is 0 Å². The average molecular weight is 403 g/mol. The number of hydrogen-bond acceptors (Lipinski definition) is 4. The van der Waals surface area contributed by atoms with Crippen LogP contribution in [0.4, 0.5) is 0 Å². The van der Waals surface area contributed by atoms with Crippen LogP contribution in [0.3, 0.4) is 0 Å². The molecule has 5 fully saturated rings. The quantitative estimate of drug-likeness (QED) is 0.551. The minimum atomic E-state index is -0.193. The zero-order chi connectivity index (χ0) is 20.4. The predicted octanol–water partition coefficient (Wildman–Crippen LogP) is 4.65. The largest absolute Gasteiger partial charge is 0.463 e. The lowest BCUT2D eigenvalue weighted by atomic mass is 9.44. The molecule has 5 rings (SSSR count). The van der Waals surface area contributed by atoms with Crippen LogP contribution < -0.4 is 0 Å². The molecular formula is C25H38O4. The molecule has 0 unspecified atom stereocenters. The van der Waals surface area contributed by atoms with E-state index in [0.29, 0.717) is 35.7 Å². The van der Waals surface area contributed by atoms with Gasteiger partial charge in [0, 0.05) is 11.5 Å². The molecule has 1 spiro atoms. The van der Waals surface area contributed by atoms with E-state index in [9.17, 15) is 9.90 Å². The molecule has 0 aromatic heterocycles. The fraction of sp³-hybridized carbons (Fsp3) is 0.880. The molecule has 162 valence electrons. The standard InChI is InChI=1S/C25H38O4/c1-4-28-22(27)13-16(2)19-5-6-20-23(19,3)10-9-21-24-11-8-18(26)14-17(24)7-12-25(20,21)29-15-24/h13,17-21,26H,4-12,14-15H2,1-3H3/b16-13-/t17-,18-,19+,20+,21+,23+,24+,25+/m0/s1. The second-order valence-electron chi connectivity index (χ2n) is 11.1. The molecule has 4 nitrogen and oxygen atoms in total. The third kappa shape index (κ3) is 2.67. The highest BCUT2D eigenvalue weighted by Gasteiger charge is 2.72. The highest BCUT2D eigenvalue weighted by atomic mass is 16.5. The number of aliphatic hydroxyl groups is 1. The molecule has 4 saturated carbocycles. The molecule has 4 aliphatic carbocycles. The van der Waals surface area contributed by atoms with Gasteiger partial charge in [0.25, 0.3) is 0 Å². The van der Waals surface area contributed by atoms with Crippen molar-refractivity contribution < 1.29 is 19.4 Å². The Labute approximate surface area is 175 Å². The Balaban J connectivity index is 1.44. The van der Waals surface area contributed by atoms with Crippen molar-refractivity contribution in [1.82, 2.24) is 0 Å². The normalized spacial score (nSPS) is 51.2. The maximum atomic E-state index is 12.1. The number of carbonyl (C=O) groups excluding carboxylic acids is 1. The van der Waals surface area contributed by atoms with E-state index in [4.69, 9.17) is 9.47 Å². The number of esters is 1. The molecule has 1 aliphatic heterocycles. The molecule has 1 N–H and O–H groups in total. The summed E-state index contributed by atoms with van der Waals surface area (Å²) in [5, 5.41) is 10.3. The number of ether oxygens (including phenoxy) is 2. The van der Waals surface area contributed by atoms with Crippen molar-refractivity contribution in [1.29, 1.82) is 0 Å². The molecule has 4 heteroatoms. The van der Waals surface area contributed by atoms with Gasteiger partial charge < -0.3 is 14.6 Å². The van der Waals surface area contributed by atoms with Crippen molar-refractivity contribution in [2.24, 2.45) is 34.5 Å². The fourth-order valence-corrected chi connectivity index (χ4v) is 9.09. The molecule has 0 aromatic carbocycles. The Bertz CT molecular complexity index is 716.